The summed E-state index contributed by atoms with van der Waals surface area (Å²) in [6, 6.07) is 0. The van der Waals surface area contributed by atoms with Crippen LogP contribution in [0.1, 0.15) is 54.4 Å². The summed E-state index contributed by atoms with van der Waals surface area (Å²) < 4.78 is 0. The normalized spacial score (nSPS) is 8.38. The third kappa shape index (κ3) is 166. The van der Waals surface area contributed by atoms with Gasteiger partial charge in [0.2, 0.25) is 0 Å². The fourth-order valence-electron chi connectivity index (χ4n) is 0.302. The zero-order chi connectivity index (χ0) is 16.3. The summed E-state index contributed by atoms with van der Waals surface area (Å²) in [6.45, 7) is 10.9. The molecule has 21 heavy (non-hydrogen) atoms. The number of aliphatic hydroxyl groups excluding tert-OH is 4. The summed E-state index contributed by atoms with van der Waals surface area (Å²) >= 11 is 0. The largest absolute Gasteiger partial charge is 0.512 e. The summed E-state index contributed by atoms with van der Waals surface area (Å²) in [6.07, 6.45) is 2.86. The Hall–Kier alpha value is 0.519. The van der Waals surface area contributed by atoms with Crippen molar-refractivity contribution < 1.29 is 68.7 Å². The van der Waals surface area contributed by atoms with E-state index in [0.717, 1.165) is 12.8 Å². The fourth-order valence-corrected chi connectivity index (χ4v) is 0.302. The number of aliphatic hydroxyl groups is 4. The molecule has 0 unspecified atom stereocenters. The molecule has 0 aliphatic heterocycles. The van der Waals surface area contributed by atoms with E-state index >= 15 is 0 Å². The minimum atomic E-state index is -0.167. The molecule has 0 fully saturated rings. The first kappa shape index (κ1) is 37.6. The van der Waals surface area contributed by atoms with Crippen molar-refractivity contribution in [2.24, 2.45) is 0 Å². The molecule has 5 nitrogen and oxygen atoms in total. The molecule has 0 aromatic rings. The second-order valence-electron chi connectivity index (χ2n) is 3.97. The summed E-state index contributed by atoms with van der Waals surface area (Å²) in [5.41, 5.74) is 0. The maximum atomic E-state index is 8.40. The molecule has 0 aromatic carbocycles. The number of ketones is 1. The van der Waals surface area contributed by atoms with Gasteiger partial charge in [-0.2, -0.15) is 0 Å². The molecule has 0 heterocycles. The van der Waals surface area contributed by atoms with Gasteiger partial charge in [0.1, 0.15) is 0 Å². The topological polar surface area (TPSA) is 102 Å². The molecule has 0 aliphatic rings. The molecule has 0 saturated carbocycles. The number of rotatable bonds is 3. The van der Waals surface area contributed by atoms with Gasteiger partial charge in [-0.15, -0.1) is 0 Å². The van der Waals surface area contributed by atoms with E-state index in [0.29, 0.717) is 13.2 Å². The Bertz CT molecular complexity index is 183. The maximum absolute atomic E-state index is 8.40. The summed E-state index contributed by atoms with van der Waals surface area (Å²) in [4.78, 5) is 8.40. The van der Waals surface area contributed by atoms with Crippen LogP contribution in [0, 0.1) is 0 Å². The van der Waals surface area contributed by atoms with Crippen molar-refractivity contribution in [3.05, 3.63) is 11.8 Å². The molecule has 0 atom stereocenters. The Morgan fingerprint density at radius 1 is 1.00 bits per heavy atom. The fraction of sp³-hybridized carbons (Fsp3) is 0.786. The zero-order valence-corrected chi connectivity index (χ0v) is 17.3. The van der Waals surface area contributed by atoms with Crippen molar-refractivity contribution in [1.82, 2.24) is 0 Å². The van der Waals surface area contributed by atoms with E-state index < -0.39 is 0 Å². The quantitative estimate of drug-likeness (QED) is 0.262. The molecular weight excluding hydrogens is 344 g/mol. The summed E-state index contributed by atoms with van der Waals surface area (Å²) in [5, 5.41) is 32.2. The van der Waals surface area contributed by atoms with Gasteiger partial charge in [0, 0.05) is 62.8 Å². The Morgan fingerprint density at radius 3 is 1.19 bits per heavy atom. The first-order valence-corrected chi connectivity index (χ1v) is 6.48. The summed E-state index contributed by atoms with van der Waals surface area (Å²) in [5.74, 6) is 0.250. The van der Waals surface area contributed by atoms with E-state index in [1.54, 1.807) is 13.8 Å². The SMILES string of the molecule is CC(=[OH+])C=C(C)O.CC(C)O.CCCO.CCCO.[Ti].[Ti]. The van der Waals surface area contributed by atoms with Crippen LogP contribution in [0.2, 0.25) is 0 Å². The van der Waals surface area contributed by atoms with Crippen LogP contribution in [0.15, 0.2) is 11.8 Å². The molecule has 126 valence electrons. The second-order valence-corrected chi connectivity index (χ2v) is 3.97. The molecule has 0 amide bonds. The van der Waals surface area contributed by atoms with Gasteiger partial charge in [0.25, 0.3) is 0 Å². The molecule has 0 bridgehead atoms. The third-order valence-corrected chi connectivity index (χ3v) is 0.865. The minimum Gasteiger partial charge on any atom is -0.512 e. The van der Waals surface area contributed by atoms with Crippen molar-refractivity contribution in [1.29, 1.82) is 0 Å². The Labute approximate surface area is 159 Å². The standard InChI is InChI=1S/C5H8O2.3C3H8O.2Ti/c1-4(6)3-5(2)7;1-3(2)4;2*1-2-3-4;;/h3,6H,1-2H3;3-4H,1-2H3;2*4H,2-3H2,1H3;;/p+1. The number of allylic oxidation sites excluding steroid dienone is 2. The van der Waals surface area contributed by atoms with Gasteiger partial charge in [-0.3, -0.25) is 4.79 Å². The van der Waals surface area contributed by atoms with Gasteiger partial charge in [-0.1, -0.05) is 13.8 Å². The van der Waals surface area contributed by atoms with E-state index in [-0.39, 0.29) is 61.1 Å². The van der Waals surface area contributed by atoms with E-state index in [1.165, 1.54) is 19.9 Å². The van der Waals surface area contributed by atoms with E-state index in [4.69, 9.17) is 25.2 Å². The van der Waals surface area contributed by atoms with Crippen LogP contribution in [-0.2, 0) is 43.4 Å². The first-order valence-electron chi connectivity index (χ1n) is 6.48. The average molecular weight is 377 g/mol. The first-order chi connectivity index (χ1) is 8.69. The van der Waals surface area contributed by atoms with Crippen LogP contribution < -0.4 is 0 Å². The molecule has 5 N–H and O–H groups in total. The van der Waals surface area contributed by atoms with E-state index in [1.807, 2.05) is 13.8 Å². The maximum Gasteiger partial charge on any atom is 0.316 e. The molecule has 0 rings (SSSR count). The van der Waals surface area contributed by atoms with Crippen LogP contribution in [0.3, 0.4) is 0 Å². The number of hydrogen-bond acceptors (Lipinski definition) is 4. The van der Waals surface area contributed by atoms with Gasteiger partial charge in [-0.25, -0.2) is 0 Å². The van der Waals surface area contributed by atoms with Crippen LogP contribution in [0.4, 0.5) is 0 Å². The predicted molar refractivity (Wildman–Crippen MR) is 81.1 cm³/mol. The van der Waals surface area contributed by atoms with Gasteiger partial charge >= 0.3 is 5.78 Å². The molecule has 0 spiro atoms. The van der Waals surface area contributed by atoms with Crippen molar-refractivity contribution in [2.75, 3.05) is 13.2 Å². The molecule has 0 saturated heterocycles. The van der Waals surface area contributed by atoms with Gasteiger partial charge in [0.05, 0.1) is 18.8 Å². The Morgan fingerprint density at radius 2 is 1.19 bits per heavy atom. The smallest absolute Gasteiger partial charge is 0.316 e. The molecular formula is C14H33O5Ti2+. The predicted octanol–water partition coefficient (Wildman–Crippen LogP) is 2.17. The van der Waals surface area contributed by atoms with Crippen molar-refractivity contribution in [2.45, 2.75) is 60.5 Å². The van der Waals surface area contributed by atoms with Crippen molar-refractivity contribution in [3.8, 4) is 0 Å². The van der Waals surface area contributed by atoms with Crippen LogP contribution in [-0.4, -0.2) is 50.3 Å². The van der Waals surface area contributed by atoms with E-state index in [2.05, 4.69) is 0 Å². The van der Waals surface area contributed by atoms with Crippen molar-refractivity contribution >= 4 is 5.78 Å². The van der Waals surface area contributed by atoms with Gasteiger partial charge < -0.3 is 20.4 Å². The minimum absolute atomic E-state index is 0. The number of hydrogen-bond donors (Lipinski definition) is 4. The number of carbonyl (C=O) groups excluding carboxylic acids is 1. The zero-order valence-electron chi connectivity index (χ0n) is 14.2. The van der Waals surface area contributed by atoms with E-state index in [9.17, 15) is 0 Å². The van der Waals surface area contributed by atoms with Crippen LogP contribution >= 0.6 is 0 Å². The van der Waals surface area contributed by atoms with Crippen LogP contribution in [0.5, 0.6) is 0 Å². The Kier molecular flexibility index (Phi) is 66.4. The second kappa shape index (κ2) is 37.1. The van der Waals surface area contributed by atoms with Crippen LogP contribution in [0.25, 0.3) is 0 Å². The van der Waals surface area contributed by atoms with Gasteiger partial charge in [0.15, 0.2) is 0 Å². The van der Waals surface area contributed by atoms with Crippen molar-refractivity contribution in [3.63, 3.8) is 0 Å². The summed E-state index contributed by atoms with van der Waals surface area (Å²) in [7, 11) is 0. The molecule has 7 heteroatoms. The van der Waals surface area contributed by atoms with Gasteiger partial charge in [-0.05, 0) is 33.6 Å². The molecule has 0 radical (unpaired) electrons. The third-order valence-electron chi connectivity index (χ3n) is 0.865. The average Bonchev–Trinajstić information content (AvgIpc) is 2.27. The molecule has 0 aliphatic carbocycles. The monoisotopic (exact) mass is 377 g/mol. The molecule has 0 aromatic heterocycles. The Balaban J connectivity index is -0.0000000359.